The molecule has 0 aliphatic rings. The summed E-state index contributed by atoms with van der Waals surface area (Å²) in [5.41, 5.74) is 2.47. The quantitative estimate of drug-likeness (QED) is 0.492. The van der Waals surface area contributed by atoms with E-state index in [9.17, 15) is 9.59 Å². The molecule has 0 aliphatic heterocycles. The van der Waals surface area contributed by atoms with E-state index in [4.69, 9.17) is 32.7 Å². The van der Waals surface area contributed by atoms with Gasteiger partial charge in [0.15, 0.2) is 21.7 Å². The van der Waals surface area contributed by atoms with Crippen molar-refractivity contribution in [3.63, 3.8) is 0 Å². The molecule has 0 saturated carbocycles. The molecule has 2 heterocycles. The molecule has 0 bridgehead atoms. The maximum atomic E-state index is 12.5. The van der Waals surface area contributed by atoms with Gasteiger partial charge in [0.1, 0.15) is 8.67 Å². The summed E-state index contributed by atoms with van der Waals surface area (Å²) in [7, 11) is 3.02. The Morgan fingerprint density at radius 3 is 1.52 bits per heavy atom. The Labute approximate surface area is 164 Å². The lowest BCUT2D eigenvalue weighted by molar-refractivity contribution is 0.0954. The van der Waals surface area contributed by atoms with Crippen molar-refractivity contribution in [2.45, 2.75) is 33.1 Å². The fourth-order valence-electron chi connectivity index (χ4n) is 2.51. The van der Waals surface area contributed by atoms with Crippen LogP contribution in [0, 0.1) is 13.8 Å². The third-order valence-electron chi connectivity index (χ3n) is 3.85. The van der Waals surface area contributed by atoms with Gasteiger partial charge in [0.25, 0.3) is 0 Å². The van der Waals surface area contributed by atoms with Gasteiger partial charge < -0.3 is 9.47 Å². The predicted octanol–water partition coefficient (Wildman–Crippen LogP) is 5.99. The number of ketones is 2. The SMILES string of the molecule is COc1sc(Cl)c(C)c1C(=O)CCCC(=O)c1c(OC)sc(Cl)c1C. The van der Waals surface area contributed by atoms with Crippen LogP contribution in [0.5, 0.6) is 10.1 Å². The molecule has 0 radical (unpaired) electrons. The smallest absolute Gasteiger partial charge is 0.186 e. The minimum Gasteiger partial charge on any atom is -0.487 e. The highest BCUT2D eigenvalue weighted by atomic mass is 35.5. The highest BCUT2D eigenvalue weighted by Crippen LogP contribution is 2.40. The Bertz CT molecular complexity index is 742. The molecule has 2 aromatic heterocycles. The summed E-state index contributed by atoms with van der Waals surface area (Å²) in [6.07, 6.45) is 0.925. The number of carbonyl (C=O) groups excluding carboxylic acids is 2. The van der Waals surface area contributed by atoms with Crippen molar-refractivity contribution in [2.24, 2.45) is 0 Å². The number of methoxy groups -OCH3 is 2. The van der Waals surface area contributed by atoms with E-state index in [1.165, 1.54) is 36.9 Å². The molecule has 0 aliphatic carbocycles. The average molecular weight is 421 g/mol. The van der Waals surface area contributed by atoms with Gasteiger partial charge in [0, 0.05) is 12.8 Å². The monoisotopic (exact) mass is 420 g/mol. The van der Waals surface area contributed by atoms with Crippen molar-refractivity contribution in [3.8, 4) is 10.1 Å². The van der Waals surface area contributed by atoms with Crippen molar-refractivity contribution in [1.82, 2.24) is 0 Å². The Morgan fingerprint density at radius 1 is 0.840 bits per heavy atom. The van der Waals surface area contributed by atoms with E-state index in [1.807, 2.05) is 0 Å². The van der Waals surface area contributed by atoms with Crippen LogP contribution in [0.15, 0.2) is 0 Å². The van der Waals surface area contributed by atoms with Gasteiger partial charge in [-0.1, -0.05) is 45.9 Å². The van der Waals surface area contributed by atoms with Crippen LogP contribution < -0.4 is 9.47 Å². The number of carbonyl (C=O) groups is 2. The second-order valence-corrected chi connectivity index (χ2v) is 8.61. The van der Waals surface area contributed by atoms with Crippen LogP contribution in [0.2, 0.25) is 8.67 Å². The molecule has 136 valence electrons. The summed E-state index contributed by atoms with van der Waals surface area (Å²) in [6.45, 7) is 3.59. The molecule has 0 N–H and O–H groups in total. The molecule has 2 rings (SSSR count). The molecule has 0 unspecified atom stereocenters. The number of halogens is 2. The lowest BCUT2D eigenvalue weighted by atomic mass is 10.0. The van der Waals surface area contributed by atoms with E-state index in [-0.39, 0.29) is 24.4 Å². The number of hydrogen-bond acceptors (Lipinski definition) is 6. The van der Waals surface area contributed by atoms with E-state index in [0.29, 0.717) is 36.3 Å². The second-order valence-electron chi connectivity index (χ2n) is 5.43. The summed E-state index contributed by atoms with van der Waals surface area (Å²) in [5, 5.41) is 1.03. The molecule has 0 aromatic carbocycles. The van der Waals surface area contributed by atoms with E-state index in [2.05, 4.69) is 0 Å². The van der Waals surface area contributed by atoms with Gasteiger partial charge in [0.2, 0.25) is 0 Å². The molecule has 0 amide bonds. The van der Waals surface area contributed by atoms with Crippen LogP contribution >= 0.6 is 45.9 Å². The van der Waals surface area contributed by atoms with Crippen LogP contribution in [-0.2, 0) is 0 Å². The number of Topliss-reactive ketones (excluding diaryl/α,β-unsaturated/α-hetero) is 2. The minimum absolute atomic E-state index is 0.0719. The summed E-state index contributed by atoms with van der Waals surface area (Å²) < 4.78 is 11.6. The van der Waals surface area contributed by atoms with Crippen LogP contribution in [-0.4, -0.2) is 25.8 Å². The second kappa shape index (κ2) is 8.54. The number of rotatable bonds is 8. The minimum atomic E-state index is -0.0719. The normalized spacial score (nSPS) is 10.8. The molecule has 0 fully saturated rings. The Hall–Kier alpha value is -1.08. The van der Waals surface area contributed by atoms with Crippen molar-refractivity contribution >= 4 is 57.4 Å². The van der Waals surface area contributed by atoms with Gasteiger partial charge in [0.05, 0.1) is 25.3 Å². The number of ether oxygens (including phenoxy) is 2. The van der Waals surface area contributed by atoms with E-state index >= 15 is 0 Å². The number of thiophene rings is 2. The zero-order chi connectivity index (χ0) is 18.7. The zero-order valence-corrected chi connectivity index (χ0v) is 17.5. The zero-order valence-electron chi connectivity index (χ0n) is 14.3. The summed E-state index contributed by atoms with van der Waals surface area (Å²) >= 11 is 14.6. The van der Waals surface area contributed by atoms with Crippen LogP contribution in [0.4, 0.5) is 0 Å². The van der Waals surface area contributed by atoms with Gasteiger partial charge in [-0.15, -0.1) is 0 Å². The average Bonchev–Trinajstić information content (AvgIpc) is 3.03. The van der Waals surface area contributed by atoms with Crippen molar-refractivity contribution in [1.29, 1.82) is 0 Å². The topological polar surface area (TPSA) is 52.6 Å². The van der Waals surface area contributed by atoms with Crippen LogP contribution in [0.1, 0.15) is 51.1 Å². The Balaban J connectivity index is 2.04. The summed E-state index contributed by atoms with van der Waals surface area (Å²) in [6, 6.07) is 0. The predicted molar refractivity (Wildman–Crippen MR) is 104 cm³/mol. The molecule has 2 aromatic rings. The van der Waals surface area contributed by atoms with Crippen LogP contribution in [0.25, 0.3) is 0 Å². The third-order valence-corrected chi connectivity index (χ3v) is 6.96. The summed E-state index contributed by atoms with van der Waals surface area (Å²) in [4.78, 5) is 25.0. The Morgan fingerprint density at radius 2 is 1.20 bits per heavy atom. The third kappa shape index (κ3) is 4.19. The fraction of sp³-hybridized carbons (Fsp3) is 0.412. The molecule has 8 heteroatoms. The largest absolute Gasteiger partial charge is 0.487 e. The molecular weight excluding hydrogens is 403 g/mol. The first kappa shape index (κ1) is 20.2. The molecule has 4 nitrogen and oxygen atoms in total. The molecule has 25 heavy (non-hydrogen) atoms. The van der Waals surface area contributed by atoms with Gasteiger partial charge in [-0.2, -0.15) is 0 Å². The maximum Gasteiger partial charge on any atom is 0.186 e. The van der Waals surface area contributed by atoms with Crippen LogP contribution in [0.3, 0.4) is 0 Å². The van der Waals surface area contributed by atoms with Gasteiger partial charge in [-0.05, 0) is 31.4 Å². The fourth-order valence-corrected chi connectivity index (χ4v) is 4.86. The van der Waals surface area contributed by atoms with Gasteiger partial charge in [-0.25, -0.2) is 0 Å². The number of hydrogen-bond donors (Lipinski definition) is 0. The highest BCUT2D eigenvalue weighted by Gasteiger charge is 2.23. The first-order chi connectivity index (χ1) is 11.8. The van der Waals surface area contributed by atoms with Crippen molar-refractivity contribution in [3.05, 3.63) is 30.9 Å². The molecule has 0 atom stereocenters. The highest BCUT2D eigenvalue weighted by molar-refractivity contribution is 7.18. The lowest BCUT2D eigenvalue weighted by Crippen LogP contribution is -2.05. The first-order valence-electron chi connectivity index (χ1n) is 7.53. The maximum absolute atomic E-state index is 12.5. The van der Waals surface area contributed by atoms with E-state index in [0.717, 1.165) is 11.1 Å². The molecule has 0 spiro atoms. The van der Waals surface area contributed by atoms with Crippen molar-refractivity contribution < 1.29 is 19.1 Å². The van der Waals surface area contributed by atoms with E-state index < -0.39 is 0 Å². The Kier molecular flexibility index (Phi) is 6.91. The van der Waals surface area contributed by atoms with Gasteiger partial charge >= 0.3 is 0 Å². The summed E-state index contributed by atoms with van der Waals surface area (Å²) in [5.74, 6) is -0.144. The molecule has 0 saturated heterocycles. The first-order valence-corrected chi connectivity index (χ1v) is 9.92. The molecular formula is C17H18Cl2O4S2. The standard InChI is InChI=1S/C17H18Cl2O4S2/c1-8-12(16(22-3)24-14(8)18)10(20)6-5-7-11(21)13-9(2)15(19)25-17(13)23-4/h5-7H2,1-4H3. The van der Waals surface area contributed by atoms with Gasteiger partial charge in [-0.3, -0.25) is 9.59 Å². The lowest BCUT2D eigenvalue weighted by Gasteiger charge is -2.05. The van der Waals surface area contributed by atoms with Crippen molar-refractivity contribution in [2.75, 3.05) is 14.2 Å². The van der Waals surface area contributed by atoms with E-state index in [1.54, 1.807) is 13.8 Å².